The van der Waals surface area contributed by atoms with E-state index in [1.54, 1.807) is 0 Å². The second kappa shape index (κ2) is 4.39. The van der Waals surface area contributed by atoms with Crippen molar-refractivity contribution >= 4 is 10.8 Å². The molecular weight excluding hydrogens is 216 g/mol. The van der Waals surface area contributed by atoms with Crippen molar-refractivity contribution in [2.75, 3.05) is 0 Å². The van der Waals surface area contributed by atoms with E-state index in [2.05, 4.69) is 54.5 Å². The number of fused-ring (bicyclic) bond motifs is 1. The topological polar surface area (TPSA) is 0 Å². The predicted octanol–water partition coefficient (Wildman–Crippen LogP) is 4.29. The fourth-order valence-electron chi connectivity index (χ4n) is 2.16. The summed E-state index contributed by atoms with van der Waals surface area (Å²) in [7, 11) is 0. The van der Waals surface area contributed by atoms with Gasteiger partial charge in [0, 0.05) is 5.56 Å². The predicted molar refractivity (Wildman–Crippen MR) is 76.2 cm³/mol. The summed E-state index contributed by atoms with van der Waals surface area (Å²) in [5.74, 6) is 2.59. The molecular formula is C18H11. The van der Waals surface area contributed by atoms with Crippen molar-refractivity contribution in [2.45, 2.75) is 0 Å². The molecule has 0 unspecified atom stereocenters. The summed E-state index contributed by atoms with van der Waals surface area (Å²) in [5.41, 5.74) is 3.15. The lowest BCUT2D eigenvalue weighted by atomic mass is 9.98. The Kier molecular flexibility index (Phi) is 2.59. The van der Waals surface area contributed by atoms with Gasteiger partial charge in [-0.05, 0) is 40.1 Å². The first kappa shape index (κ1) is 10.6. The molecule has 0 aromatic heterocycles. The van der Waals surface area contributed by atoms with Gasteiger partial charge in [0.15, 0.2) is 0 Å². The average Bonchev–Trinajstić information content (AvgIpc) is 2.47. The van der Waals surface area contributed by atoms with Crippen LogP contribution in [0.5, 0.6) is 0 Å². The first-order chi connectivity index (χ1) is 8.88. The fourth-order valence-corrected chi connectivity index (χ4v) is 2.16. The summed E-state index contributed by atoms with van der Waals surface area (Å²) >= 11 is 0. The number of terminal acetylenes is 1. The number of hydrogen-bond acceptors (Lipinski definition) is 0. The Bertz CT molecular complexity index is 723. The molecule has 0 aliphatic heterocycles. The molecule has 0 saturated carbocycles. The molecule has 18 heavy (non-hydrogen) atoms. The zero-order chi connectivity index (χ0) is 12.4. The van der Waals surface area contributed by atoms with Gasteiger partial charge < -0.3 is 0 Å². The van der Waals surface area contributed by atoms with E-state index in [4.69, 9.17) is 6.42 Å². The monoisotopic (exact) mass is 227 g/mol. The van der Waals surface area contributed by atoms with E-state index >= 15 is 0 Å². The van der Waals surface area contributed by atoms with Crippen LogP contribution in [0.3, 0.4) is 0 Å². The molecule has 0 heterocycles. The minimum atomic E-state index is 0.791. The van der Waals surface area contributed by atoms with Gasteiger partial charge in [-0.1, -0.05) is 54.5 Å². The molecule has 1 radical (unpaired) electrons. The lowest BCUT2D eigenvalue weighted by molar-refractivity contribution is 1.60. The molecule has 0 bridgehead atoms. The van der Waals surface area contributed by atoms with Gasteiger partial charge in [0.25, 0.3) is 0 Å². The van der Waals surface area contributed by atoms with E-state index in [1.807, 2.05) is 18.2 Å². The fraction of sp³-hybridized carbons (Fsp3) is 0. The van der Waals surface area contributed by atoms with Crippen molar-refractivity contribution < 1.29 is 0 Å². The average molecular weight is 227 g/mol. The first-order valence-corrected chi connectivity index (χ1v) is 5.85. The zero-order valence-corrected chi connectivity index (χ0v) is 9.85. The molecule has 3 rings (SSSR count). The van der Waals surface area contributed by atoms with E-state index in [-0.39, 0.29) is 0 Å². The Morgan fingerprint density at radius 3 is 2.50 bits per heavy atom. The Hall–Kier alpha value is -2.52. The Morgan fingerprint density at radius 2 is 1.72 bits per heavy atom. The smallest absolute Gasteiger partial charge is 0.0321 e. The van der Waals surface area contributed by atoms with Gasteiger partial charge >= 0.3 is 0 Å². The second-order valence-electron chi connectivity index (χ2n) is 4.16. The summed E-state index contributed by atoms with van der Waals surface area (Å²) in [5, 5.41) is 2.50. The van der Waals surface area contributed by atoms with E-state index in [1.165, 1.54) is 16.3 Å². The van der Waals surface area contributed by atoms with Crippen LogP contribution in [0.1, 0.15) is 5.56 Å². The Balaban J connectivity index is 2.22. The lowest BCUT2D eigenvalue weighted by Gasteiger charge is -2.06. The standard InChI is InChI=1S/C18H11/c1-2-14-10-12-16(13-11-14)18-9-5-7-15-6-3-4-8-17(15)18/h1,3-10,12-13H. The van der Waals surface area contributed by atoms with Gasteiger partial charge in [-0.25, -0.2) is 0 Å². The van der Waals surface area contributed by atoms with Gasteiger partial charge in [0.1, 0.15) is 0 Å². The van der Waals surface area contributed by atoms with Gasteiger partial charge in [0.2, 0.25) is 0 Å². The summed E-state index contributed by atoms with van der Waals surface area (Å²) < 4.78 is 0. The molecule has 0 heteroatoms. The Morgan fingerprint density at radius 1 is 0.889 bits per heavy atom. The molecule has 0 nitrogen and oxygen atoms in total. The second-order valence-corrected chi connectivity index (χ2v) is 4.16. The van der Waals surface area contributed by atoms with Gasteiger partial charge in [-0.2, -0.15) is 0 Å². The van der Waals surface area contributed by atoms with Crippen molar-refractivity contribution in [1.82, 2.24) is 0 Å². The van der Waals surface area contributed by atoms with E-state index in [0.717, 1.165) is 11.1 Å². The minimum Gasteiger partial charge on any atom is -0.115 e. The maximum absolute atomic E-state index is 5.35. The van der Waals surface area contributed by atoms with Crippen LogP contribution in [0.25, 0.3) is 21.9 Å². The maximum atomic E-state index is 5.35. The van der Waals surface area contributed by atoms with Crippen molar-refractivity contribution in [2.24, 2.45) is 0 Å². The largest absolute Gasteiger partial charge is 0.115 e. The first-order valence-electron chi connectivity index (χ1n) is 5.85. The van der Waals surface area contributed by atoms with Crippen molar-refractivity contribution in [3.8, 4) is 23.5 Å². The summed E-state index contributed by atoms with van der Waals surface area (Å²) in [6, 6.07) is 23.7. The number of rotatable bonds is 1. The molecule has 0 N–H and O–H groups in total. The molecule has 0 spiro atoms. The van der Waals surface area contributed by atoms with Crippen LogP contribution in [0, 0.1) is 18.4 Å². The normalized spacial score (nSPS) is 10.2. The highest BCUT2D eigenvalue weighted by Gasteiger charge is 2.02. The summed E-state index contributed by atoms with van der Waals surface area (Å²) in [6.45, 7) is 0. The maximum Gasteiger partial charge on any atom is 0.0321 e. The highest BCUT2D eigenvalue weighted by molar-refractivity contribution is 5.96. The van der Waals surface area contributed by atoms with Crippen LogP contribution in [0.4, 0.5) is 0 Å². The third-order valence-corrected chi connectivity index (χ3v) is 3.07. The molecule has 0 amide bonds. The molecule has 3 aromatic rings. The molecule has 83 valence electrons. The van der Waals surface area contributed by atoms with Gasteiger partial charge in [0.05, 0.1) is 0 Å². The zero-order valence-electron chi connectivity index (χ0n) is 9.85. The molecule has 0 fully saturated rings. The molecule has 0 aliphatic rings. The minimum absolute atomic E-state index is 0.791. The van der Waals surface area contributed by atoms with E-state index < -0.39 is 0 Å². The third-order valence-electron chi connectivity index (χ3n) is 3.07. The molecule has 0 atom stereocenters. The van der Waals surface area contributed by atoms with Crippen molar-refractivity contribution in [1.29, 1.82) is 0 Å². The van der Waals surface area contributed by atoms with E-state index in [0.29, 0.717) is 0 Å². The SMILES string of the molecule is C#Cc1[c]cc(-c2cccc3ccccc23)cc1. The number of hydrogen-bond donors (Lipinski definition) is 0. The lowest BCUT2D eigenvalue weighted by Crippen LogP contribution is -1.82. The third kappa shape index (κ3) is 1.77. The van der Waals surface area contributed by atoms with Gasteiger partial charge in [-0.15, -0.1) is 6.42 Å². The van der Waals surface area contributed by atoms with Crippen molar-refractivity contribution in [3.63, 3.8) is 0 Å². The van der Waals surface area contributed by atoms with Crippen LogP contribution >= 0.6 is 0 Å². The van der Waals surface area contributed by atoms with Crippen LogP contribution in [0.2, 0.25) is 0 Å². The van der Waals surface area contributed by atoms with Crippen LogP contribution in [0.15, 0.2) is 60.7 Å². The summed E-state index contributed by atoms with van der Waals surface area (Å²) in [4.78, 5) is 0. The summed E-state index contributed by atoms with van der Waals surface area (Å²) in [6.07, 6.45) is 5.35. The highest BCUT2D eigenvalue weighted by atomic mass is 14.1. The molecule has 3 aromatic carbocycles. The molecule has 0 aliphatic carbocycles. The van der Waals surface area contributed by atoms with E-state index in [9.17, 15) is 0 Å². The van der Waals surface area contributed by atoms with Gasteiger partial charge in [-0.3, -0.25) is 0 Å². The van der Waals surface area contributed by atoms with Crippen molar-refractivity contribution in [3.05, 3.63) is 72.3 Å². The highest BCUT2D eigenvalue weighted by Crippen LogP contribution is 2.28. The van der Waals surface area contributed by atoms with Crippen LogP contribution in [-0.2, 0) is 0 Å². The quantitative estimate of drug-likeness (QED) is 0.544. The molecule has 0 saturated heterocycles. The van der Waals surface area contributed by atoms with Crippen LogP contribution in [-0.4, -0.2) is 0 Å². The number of benzene rings is 3. The van der Waals surface area contributed by atoms with Crippen LogP contribution < -0.4 is 0 Å². The Labute approximate surface area is 107 Å².